The van der Waals surface area contributed by atoms with E-state index < -0.39 is 0 Å². The molecule has 1 saturated carbocycles. The highest BCUT2D eigenvalue weighted by atomic mass is 35.5. The third-order valence-corrected chi connectivity index (χ3v) is 3.36. The van der Waals surface area contributed by atoms with Crippen molar-refractivity contribution in [1.29, 1.82) is 0 Å². The highest BCUT2D eigenvalue weighted by Gasteiger charge is 2.34. The number of halogens is 1. The molecule has 0 saturated heterocycles. The van der Waals surface area contributed by atoms with Crippen molar-refractivity contribution in [2.24, 2.45) is 5.73 Å². The highest BCUT2D eigenvalue weighted by Crippen LogP contribution is 2.39. The quantitative estimate of drug-likeness (QED) is 0.871. The molecule has 2 atom stereocenters. The topological polar surface area (TPSA) is 46.2 Å². The summed E-state index contributed by atoms with van der Waals surface area (Å²) in [5.41, 5.74) is 9.32. The molecular weight excluding hydrogens is 246 g/mol. The Hall–Kier alpha value is -1.51. The minimum Gasteiger partial charge on any atom is -0.508 e. The summed E-state index contributed by atoms with van der Waals surface area (Å²) < 4.78 is 0. The predicted molar refractivity (Wildman–Crippen MR) is 76.1 cm³/mol. The molecule has 3 N–H and O–H groups in total. The molecule has 1 aliphatic carbocycles. The number of nitrogens with two attached hydrogens (primary N) is 1. The number of benzene rings is 2. The van der Waals surface area contributed by atoms with E-state index in [1.807, 2.05) is 12.1 Å². The van der Waals surface area contributed by atoms with E-state index in [4.69, 9.17) is 5.73 Å². The van der Waals surface area contributed by atoms with Crippen LogP contribution in [0.5, 0.6) is 5.75 Å². The van der Waals surface area contributed by atoms with E-state index in [9.17, 15) is 5.11 Å². The van der Waals surface area contributed by atoms with Gasteiger partial charge in [-0.2, -0.15) is 0 Å². The Kier molecular flexibility index (Phi) is 3.60. The van der Waals surface area contributed by atoms with E-state index in [-0.39, 0.29) is 12.4 Å². The molecule has 2 aromatic rings. The lowest BCUT2D eigenvalue weighted by Gasteiger charge is -2.04. The molecule has 3 heteroatoms. The fourth-order valence-electron chi connectivity index (χ4n) is 2.21. The highest BCUT2D eigenvalue weighted by molar-refractivity contribution is 5.85. The van der Waals surface area contributed by atoms with Gasteiger partial charge in [0, 0.05) is 12.0 Å². The third-order valence-electron chi connectivity index (χ3n) is 3.36. The van der Waals surface area contributed by atoms with Crippen molar-refractivity contribution in [1.82, 2.24) is 0 Å². The molecule has 0 amide bonds. The van der Waals surface area contributed by atoms with Gasteiger partial charge in [0.2, 0.25) is 0 Å². The van der Waals surface area contributed by atoms with Gasteiger partial charge in [0.05, 0.1) is 0 Å². The molecule has 0 bridgehead atoms. The van der Waals surface area contributed by atoms with E-state index in [2.05, 4.69) is 24.3 Å². The molecule has 3 rings (SSSR count). The molecule has 1 aliphatic rings. The van der Waals surface area contributed by atoms with E-state index >= 15 is 0 Å². The van der Waals surface area contributed by atoms with Gasteiger partial charge in [-0.15, -0.1) is 12.4 Å². The molecule has 2 nitrogen and oxygen atoms in total. The van der Waals surface area contributed by atoms with Gasteiger partial charge in [0.25, 0.3) is 0 Å². The number of phenols is 1. The molecule has 0 aromatic heterocycles. The van der Waals surface area contributed by atoms with Gasteiger partial charge in [0.15, 0.2) is 0 Å². The largest absolute Gasteiger partial charge is 0.508 e. The Morgan fingerprint density at radius 1 is 1.00 bits per heavy atom. The molecule has 18 heavy (non-hydrogen) atoms. The van der Waals surface area contributed by atoms with Crippen LogP contribution in [0.25, 0.3) is 11.1 Å². The van der Waals surface area contributed by atoms with E-state index in [0.717, 1.165) is 17.5 Å². The van der Waals surface area contributed by atoms with Crippen LogP contribution < -0.4 is 5.73 Å². The Labute approximate surface area is 113 Å². The summed E-state index contributed by atoms with van der Waals surface area (Å²) in [4.78, 5) is 0. The van der Waals surface area contributed by atoms with Crippen molar-refractivity contribution < 1.29 is 5.11 Å². The summed E-state index contributed by atoms with van der Waals surface area (Å²) in [6.07, 6.45) is 1.10. The standard InChI is InChI=1S/C15H15NO.ClH/c16-15-9-14(15)11-6-4-10(5-7-11)12-2-1-3-13(17)8-12;/h1-8,14-15,17H,9,16H2;1H/t14-,15+;/m1./s1. The van der Waals surface area contributed by atoms with Gasteiger partial charge in [-0.1, -0.05) is 36.4 Å². The zero-order chi connectivity index (χ0) is 11.8. The molecule has 0 unspecified atom stereocenters. The molecule has 0 heterocycles. The average Bonchev–Trinajstić information content (AvgIpc) is 3.07. The Bertz CT molecular complexity index is 538. The number of hydrogen-bond acceptors (Lipinski definition) is 2. The fraction of sp³-hybridized carbons (Fsp3) is 0.200. The second-order valence-corrected chi connectivity index (χ2v) is 4.68. The van der Waals surface area contributed by atoms with Crippen molar-refractivity contribution in [2.45, 2.75) is 18.4 Å². The molecule has 1 fully saturated rings. The lowest BCUT2D eigenvalue weighted by atomic mass is 10.0. The van der Waals surface area contributed by atoms with Crippen molar-refractivity contribution in [2.75, 3.05) is 0 Å². The summed E-state index contributed by atoms with van der Waals surface area (Å²) in [5, 5.41) is 9.45. The van der Waals surface area contributed by atoms with Crippen LogP contribution in [0, 0.1) is 0 Å². The first-order valence-corrected chi connectivity index (χ1v) is 5.89. The Balaban J connectivity index is 0.00000120. The molecule has 0 radical (unpaired) electrons. The Morgan fingerprint density at radius 3 is 2.22 bits per heavy atom. The first-order chi connectivity index (χ1) is 8.24. The minimum absolute atomic E-state index is 0. The molecule has 0 aliphatic heterocycles. The van der Waals surface area contributed by atoms with Gasteiger partial charge in [-0.05, 0) is 35.2 Å². The molecular formula is C15H16ClNO. The van der Waals surface area contributed by atoms with Crippen molar-refractivity contribution in [3.8, 4) is 16.9 Å². The maximum Gasteiger partial charge on any atom is 0.116 e. The molecule has 94 valence electrons. The SMILES string of the molecule is Cl.N[C@H]1C[C@@H]1c1ccc(-c2cccc(O)c2)cc1. The van der Waals surface area contributed by atoms with Crippen LogP contribution in [-0.4, -0.2) is 11.1 Å². The van der Waals surface area contributed by atoms with Gasteiger partial charge in [-0.3, -0.25) is 0 Å². The summed E-state index contributed by atoms with van der Waals surface area (Å²) >= 11 is 0. The van der Waals surface area contributed by atoms with Gasteiger partial charge in [0.1, 0.15) is 5.75 Å². The lowest BCUT2D eigenvalue weighted by Crippen LogP contribution is -2.00. The van der Waals surface area contributed by atoms with Crippen LogP contribution in [0.1, 0.15) is 17.9 Å². The zero-order valence-electron chi connectivity index (χ0n) is 9.91. The van der Waals surface area contributed by atoms with Crippen LogP contribution >= 0.6 is 12.4 Å². The smallest absolute Gasteiger partial charge is 0.116 e. The monoisotopic (exact) mass is 261 g/mol. The van der Waals surface area contributed by atoms with E-state index in [1.165, 1.54) is 5.56 Å². The normalized spacial score (nSPS) is 21.2. The summed E-state index contributed by atoms with van der Waals surface area (Å²) in [6.45, 7) is 0. The average molecular weight is 262 g/mol. The summed E-state index contributed by atoms with van der Waals surface area (Å²) in [7, 11) is 0. The van der Waals surface area contributed by atoms with Crippen LogP contribution in [0.4, 0.5) is 0 Å². The van der Waals surface area contributed by atoms with Crippen molar-refractivity contribution in [3.63, 3.8) is 0 Å². The minimum atomic E-state index is 0. The van der Waals surface area contributed by atoms with Crippen LogP contribution in [-0.2, 0) is 0 Å². The second kappa shape index (κ2) is 5.01. The van der Waals surface area contributed by atoms with Crippen LogP contribution in [0.2, 0.25) is 0 Å². The van der Waals surface area contributed by atoms with Crippen LogP contribution in [0.3, 0.4) is 0 Å². The zero-order valence-corrected chi connectivity index (χ0v) is 10.7. The first-order valence-electron chi connectivity index (χ1n) is 5.89. The van der Waals surface area contributed by atoms with Crippen molar-refractivity contribution >= 4 is 12.4 Å². The number of hydrogen-bond donors (Lipinski definition) is 2. The third kappa shape index (κ3) is 2.50. The van der Waals surface area contributed by atoms with Crippen LogP contribution in [0.15, 0.2) is 48.5 Å². The van der Waals surface area contributed by atoms with Gasteiger partial charge < -0.3 is 10.8 Å². The van der Waals surface area contributed by atoms with Gasteiger partial charge in [-0.25, -0.2) is 0 Å². The number of aromatic hydroxyl groups is 1. The maximum atomic E-state index is 9.45. The molecule has 0 spiro atoms. The maximum absolute atomic E-state index is 9.45. The van der Waals surface area contributed by atoms with Gasteiger partial charge >= 0.3 is 0 Å². The van der Waals surface area contributed by atoms with Crippen molar-refractivity contribution in [3.05, 3.63) is 54.1 Å². The Morgan fingerprint density at radius 2 is 1.67 bits per heavy atom. The lowest BCUT2D eigenvalue weighted by molar-refractivity contribution is 0.475. The molecule has 2 aromatic carbocycles. The first kappa shape index (κ1) is 12.9. The summed E-state index contributed by atoms with van der Waals surface area (Å²) in [5.74, 6) is 0.851. The predicted octanol–water partition coefficient (Wildman–Crippen LogP) is 3.30. The number of phenolic OH excluding ortho intramolecular Hbond substituents is 1. The number of rotatable bonds is 2. The van der Waals surface area contributed by atoms with E-state index in [0.29, 0.717) is 17.7 Å². The fourth-order valence-corrected chi connectivity index (χ4v) is 2.21. The second-order valence-electron chi connectivity index (χ2n) is 4.68. The van der Waals surface area contributed by atoms with E-state index in [1.54, 1.807) is 12.1 Å². The summed E-state index contributed by atoms with van der Waals surface area (Å²) in [6, 6.07) is 16.1.